The van der Waals surface area contributed by atoms with Crippen LogP contribution in [0.2, 0.25) is 0 Å². The molecule has 44 valence electrons. The van der Waals surface area contributed by atoms with Gasteiger partial charge >= 0.3 is 0 Å². The Morgan fingerprint density at radius 1 is 1.75 bits per heavy atom. The molecule has 1 aromatic heterocycles. The van der Waals surface area contributed by atoms with Crippen molar-refractivity contribution in [2.24, 2.45) is 0 Å². The van der Waals surface area contributed by atoms with Crippen LogP contribution in [-0.2, 0) is 6.67 Å². The SMILES string of the molecule is Cc1ccsc1CF. The fourth-order valence-corrected chi connectivity index (χ4v) is 1.29. The largest absolute Gasteiger partial charge is 0.245 e. The number of alkyl halides is 1. The molecule has 0 aliphatic carbocycles. The smallest absolute Gasteiger partial charge is 0.124 e. The molecule has 1 aromatic rings. The first kappa shape index (κ1) is 5.76. The van der Waals surface area contributed by atoms with Gasteiger partial charge in [-0.25, -0.2) is 4.39 Å². The predicted octanol–water partition coefficient (Wildman–Crippen LogP) is 2.53. The number of hydrogen-bond acceptors (Lipinski definition) is 1. The fraction of sp³-hybridized carbons (Fsp3) is 0.333. The first-order chi connectivity index (χ1) is 3.84. The van der Waals surface area contributed by atoms with E-state index < -0.39 is 0 Å². The third-order valence-electron chi connectivity index (χ3n) is 1.09. The van der Waals surface area contributed by atoms with E-state index in [2.05, 4.69) is 0 Å². The highest BCUT2D eigenvalue weighted by Gasteiger charge is 1.95. The van der Waals surface area contributed by atoms with Crippen molar-refractivity contribution < 1.29 is 4.39 Å². The topological polar surface area (TPSA) is 0 Å². The van der Waals surface area contributed by atoms with Gasteiger partial charge < -0.3 is 0 Å². The second kappa shape index (κ2) is 2.27. The van der Waals surface area contributed by atoms with Crippen LogP contribution in [0.5, 0.6) is 0 Å². The maximum absolute atomic E-state index is 11.8. The molecule has 0 bridgehead atoms. The molecule has 1 heterocycles. The summed E-state index contributed by atoms with van der Waals surface area (Å²) in [5.74, 6) is 0. The minimum Gasteiger partial charge on any atom is -0.245 e. The Balaban J connectivity index is 2.92. The van der Waals surface area contributed by atoms with Gasteiger partial charge in [0, 0.05) is 4.88 Å². The Labute approximate surface area is 52.0 Å². The summed E-state index contributed by atoms with van der Waals surface area (Å²) < 4.78 is 11.8. The molecule has 0 aliphatic rings. The van der Waals surface area contributed by atoms with Crippen molar-refractivity contribution in [3.8, 4) is 0 Å². The van der Waals surface area contributed by atoms with Crippen LogP contribution in [0.4, 0.5) is 4.39 Å². The van der Waals surface area contributed by atoms with Crippen LogP contribution in [0.15, 0.2) is 11.4 Å². The minimum absolute atomic E-state index is 0.316. The third kappa shape index (κ3) is 0.892. The van der Waals surface area contributed by atoms with Gasteiger partial charge in [-0.05, 0) is 23.9 Å². The van der Waals surface area contributed by atoms with Gasteiger partial charge in [0.2, 0.25) is 0 Å². The van der Waals surface area contributed by atoms with E-state index in [1.807, 2.05) is 18.4 Å². The van der Waals surface area contributed by atoms with Gasteiger partial charge in [-0.1, -0.05) is 0 Å². The molecule has 8 heavy (non-hydrogen) atoms. The van der Waals surface area contributed by atoms with E-state index in [1.54, 1.807) is 0 Å². The number of hydrogen-bond donors (Lipinski definition) is 0. The molecule has 2 heteroatoms. The molecule has 0 saturated carbocycles. The highest BCUT2D eigenvalue weighted by Crippen LogP contribution is 2.15. The van der Waals surface area contributed by atoms with E-state index in [0.29, 0.717) is 0 Å². The highest BCUT2D eigenvalue weighted by atomic mass is 32.1. The molecule has 0 fully saturated rings. The van der Waals surface area contributed by atoms with E-state index in [0.717, 1.165) is 10.4 Å². The zero-order valence-electron chi connectivity index (χ0n) is 4.65. The number of thiophene rings is 1. The Bertz CT molecular complexity index is 169. The first-order valence-corrected chi connectivity index (χ1v) is 3.31. The molecule has 0 unspecified atom stereocenters. The second-order valence-electron chi connectivity index (χ2n) is 1.66. The zero-order chi connectivity index (χ0) is 5.98. The summed E-state index contributed by atoms with van der Waals surface area (Å²) >= 11 is 1.47. The summed E-state index contributed by atoms with van der Waals surface area (Å²) in [6.45, 7) is 1.61. The minimum atomic E-state index is -0.316. The molecule has 0 atom stereocenters. The van der Waals surface area contributed by atoms with Crippen LogP contribution in [0.3, 0.4) is 0 Å². The van der Waals surface area contributed by atoms with Gasteiger partial charge in [-0.3, -0.25) is 0 Å². The van der Waals surface area contributed by atoms with Crippen LogP contribution in [0, 0.1) is 6.92 Å². The van der Waals surface area contributed by atoms with Crippen LogP contribution in [0.1, 0.15) is 10.4 Å². The molecule has 0 nitrogen and oxygen atoms in total. The fourth-order valence-electron chi connectivity index (χ4n) is 0.541. The Morgan fingerprint density at radius 2 is 2.50 bits per heavy atom. The molecular weight excluding hydrogens is 123 g/mol. The maximum Gasteiger partial charge on any atom is 0.124 e. The van der Waals surface area contributed by atoms with Crippen molar-refractivity contribution in [1.29, 1.82) is 0 Å². The summed E-state index contributed by atoms with van der Waals surface area (Å²) in [6.07, 6.45) is 0. The Morgan fingerprint density at radius 3 is 2.75 bits per heavy atom. The first-order valence-electron chi connectivity index (χ1n) is 2.43. The summed E-state index contributed by atoms with van der Waals surface area (Å²) in [6, 6.07) is 1.93. The molecular formula is C6H7FS. The van der Waals surface area contributed by atoms with Crippen molar-refractivity contribution in [3.63, 3.8) is 0 Å². The second-order valence-corrected chi connectivity index (χ2v) is 2.66. The average Bonchev–Trinajstić information content (AvgIpc) is 2.14. The highest BCUT2D eigenvalue weighted by molar-refractivity contribution is 7.10. The molecule has 1 rings (SSSR count). The van der Waals surface area contributed by atoms with Crippen LogP contribution in [0.25, 0.3) is 0 Å². The summed E-state index contributed by atoms with van der Waals surface area (Å²) in [5.41, 5.74) is 1.07. The van der Waals surface area contributed by atoms with Crippen molar-refractivity contribution >= 4 is 11.3 Å². The third-order valence-corrected chi connectivity index (χ3v) is 2.08. The van der Waals surface area contributed by atoms with Gasteiger partial charge in [0.1, 0.15) is 6.67 Å². The van der Waals surface area contributed by atoms with E-state index in [1.165, 1.54) is 11.3 Å². The average molecular weight is 130 g/mol. The van der Waals surface area contributed by atoms with Crippen molar-refractivity contribution in [2.75, 3.05) is 0 Å². The number of rotatable bonds is 1. The molecule has 0 radical (unpaired) electrons. The molecule has 0 aromatic carbocycles. The van der Waals surface area contributed by atoms with Gasteiger partial charge in [-0.2, -0.15) is 0 Å². The summed E-state index contributed by atoms with van der Waals surface area (Å²) in [7, 11) is 0. The Kier molecular flexibility index (Phi) is 1.63. The van der Waals surface area contributed by atoms with Gasteiger partial charge in [0.05, 0.1) is 0 Å². The lowest BCUT2D eigenvalue weighted by Gasteiger charge is -1.85. The quantitative estimate of drug-likeness (QED) is 0.548. The Hall–Kier alpha value is -0.370. The standard InChI is InChI=1S/C6H7FS/c1-5-2-3-8-6(5)4-7/h2-3H,4H2,1H3. The van der Waals surface area contributed by atoms with Gasteiger partial charge in [-0.15, -0.1) is 11.3 Å². The molecule has 0 aliphatic heterocycles. The number of aryl methyl sites for hydroxylation is 1. The molecule has 0 amide bonds. The van der Waals surface area contributed by atoms with E-state index in [9.17, 15) is 4.39 Å². The van der Waals surface area contributed by atoms with E-state index in [4.69, 9.17) is 0 Å². The summed E-state index contributed by atoms with van der Waals surface area (Å²) in [5, 5.41) is 1.91. The monoisotopic (exact) mass is 130 g/mol. The lowest BCUT2D eigenvalue weighted by atomic mass is 10.3. The molecule has 0 spiro atoms. The van der Waals surface area contributed by atoms with Gasteiger partial charge in [0.15, 0.2) is 0 Å². The van der Waals surface area contributed by atoms with Crippen LogP contribution in [-0.4, -0.2) is 0 Å². The van der Waals surface area contributed by atoms with Crippen LogP contribution < -0.4 is 0 Å². The van der Waals surface area contributed by atoms with Crippen LogP contribution >= 0.6 is 11.3 Å². The lowest BCUT2D eigenvalue weighted by molar-refractivity contribution is 0.490. The normalized spacial score (nSPS) is 9.75. The summed E-state index contributed by atoms with van der Waals surface area (Å²) in [4.78, 5) is 0.852. The number of halogens is 1. The maximum atomic E-state index is 11.8. The molecule has 0 saturated heterocycles. The van der Waals surface area contributed by atoms with Gasteiger partial charge in [0.25, 0.3) is 0 Å². The van der Waals surface area contributed by atoms with Crippen molar-refractivity contribution in [2.45, 2.75) is 13.6 Å². The zero-order valence-corrected chi connectivity index (χ0v) is 5.46. The van der Waals surface area contributed by atoms with E-state index in [-0.39, 0.29) is 6.67 Å². The predicted molar refractivity (Wildman–Crippen MR) is 33.9 cm³/mol. The molecule has 0 N–H and O–H groups in total. The lowest BCUT2D eigenvalue weighted by Crippen LogP contribution is -1.71. The van der Waals surface area contributed by atoms with E-state index >= 15 is 0 Å². The van der Waals surface area contributed by atoms with Crippen molar-refractivity contribution in [1.82, 2.24) is 0 Å². The van der Waals surface area contributed by atoms with Crippen molar-refractivity contribution in [3.05, 3.63) is 21.9 Å².